The van der Waals surface area contributed by atoms with Gasteiger partial charge in [-0.1, -0.05) is 23.2 Å². The highest BCUT2D eigenvalue weighted by molar-refractivity contribution is 7.98. The van der Waals surface area contributed by atoms with E-state index in [1.54, 1.807) is 11.8 Å². The molecule has 0 bridgehead atoms. The Hall–Kier alpha value is -0.490. The molecule has 3 N–H and O–H groups in total. The average molecular weight is 311 g/mol. The minimum Gasteiger partial charge on any atom is -0.322 e. The van der Waals surface area contributed by atoms with Gasteiger partial charge in [0, 0.05) is 0 Å². The van der Waals surface area contributed by atoms with Crippen LogP contribution in [0, 0.1) is 5.82 Å². The van der Waals surface area contributed by atoms with Crippen LogP contribution in [0.15, 0.2) is 12.1 Å². The topological polar surface area (TPSA) is 55.1 Å². The van der Waals surface area contributed by atoms with E-state index in [2.05, 4.69) is 5.32 Å². The monoisotopic (exact) mass is 310 g/mol. The highest BCUT2D eigenvalue weighted by Crippen LogP contribution is 2.31. The van der Waals surface area contributed by atoms with Gasteiger partial charge in [0.05, 0.1) is 21.8 Å². The van der Waals surface area contributed by atoms with Crippen molar-refractivity contribution in [3.8, 4) is 0 Å². The second-order valence-electron chi connectivity index (χ2n) is 3.62. The van der Waals surface area contributed by atoms with Crippen molar-refractivity contribution in [2.45, 2.75) is 12.5 Å². The van der Waals surface area contributed by atoms with E-state index in [4.69, 9.17) is 28.9 Å². The molecule has 0 aromatic heterocycles. The number of amides is 1. The number of nitrogens with one attached hydrogen (secondary N) is 1. The van der Waals surface area contributed by atoms with Crippen LogP contribution in [-0.4, -0.2) is 24.0 Å². The van der Waals surface area contributed by atoms with Gasteiger partial charge in [0.15, 0.2) is 0 Å². The van der Waals surface area contributed by atoms with Crippen molar-refractivity contribution < 1.29 is 9.18 Å². The van der Waals surface area contributed by atoms with E-state index in [9.17, 15) is 9.18 Å². The van der Waals surface area contributed by atoms with Gasteiger partial charge < -0.3 is 11.1 Å². The molecule has 3 nitrogen and oxygen atoms in total. The first-order valence-electron chi connectivity index (χ1n) is 5.15. The first kappa shape index (κ1) is 15.6. The number of rotatable bonds is 5. The molecule has 18 heavy (non-hydrogen) atoms. The van der Waals surface area contributed by atoms with Crippen molar-refractivity contribution in [2.75, 3.05) is 17.3 Å². The van der Waals surface area contributed by atoms with Crippen LogP contribution in [0.4, 0.5) is 10.1 Å². The number of hydrogen-bond donors (Lipinski definition) is 2. The summed E-state index contributed by atoms with van der Waals surface area (Å²) in [5.41, 5.74) is 5.88. The van der Waals surface area contributed by atoms with E-state index in [1.807, 2.05) is 6.26 Å². The predicted molar refractivity (Wildman–Crippen MR) is 76.0 cm³/mol. The lowest BCUT2D eigenvalue weighted by molar-refractivity contribution is -0.117. The SMILES string of the molecule is CSCC[C@@H](N)C(=O)Nc1c(Cl)cc(F)cc1Cl. The van der Waals surface area contributed by atoms with Crippen LogP contribution in [0.2, 0.25) is 10.0 Å². The Morgan fingerprint density at radius 2 is 2.06 bits per heavy atom. The minimum absolute atomic E-state index is 0.0467. The van der Waals surface area contributed by atoms with Crippen molar-refractivity contribution >= 4 is 46.6 Å². The van der Waals surface area contributed by atoms with E-state index in [0.717, 1.165) is 17.9 Å². The number of halogens is 3. The van der Waals surface area contributed by atoms with Gasteiger partial charge >= 0.3 is 0 Å². The molecule has 0 unspecified atom stereocenters. The summed E-state index contributed by atoms with van der Waals surface area (Å²) in [6.07, 6.45) is 2.47. The molecular formula is C11H13Cl2FN2OS. The summed E-state index contributed by atoms with van der Waals surface area (Å²) >= 11 is 13.2. The fourth-order valence-electron chi connectivity index (χ4n) is 1.25. The number of benzene rings is 1. The van der Waals surface area contributed by atoms with Gasteiger partial charge in [0.25, 0.3) is 0 Å². The molecule has 0 spiro atoms. The normalized spacial score (nSPS) is 12.3. The molecule has 1 atom stereocenters. The fraction of sp³-hybridized carbons (Fsp3) is 0.364. The summed E-state index contributed by atoms with van der Waals surface area (Å²) in [5.74, 6) is -0.173. The van der Waals surface area contributed by atoms with Crippen LogP contribution < -0.4 is 11.1 Å². The third kappa shape index (κ3) is 4.31. The van der Waals surface area contributed by atoms with Crippen LogP contribution in [0.25, 0.3) is 0 Å². The van der Waals surface area contributed by atoms with Gasteiger partial charge in [-0.3, -0.25) is 4.79 Å². The molecule has 0 heterocycles. The number of thioether (sulfide) groups is 1. The summed E-state index contributed by atoms with van der Waals surface area (Å²) in [6, 6.07) is 1.52. The second-order valence-corrected chi connectivity index (χ2v) is 5.42. The minimum atomic E-state index is -0.644. The Bertz CT molecular complexity index is 422. The number of carbonyl (C=O) groups excluding carboxylic acids is 1. The van der Waals surface area contributed by atoms with E-state index in [-0.39, 0.29) is 21.6 Å². The number of nitrogens with two attached hydrogens (primary N) is 1. The predicted octanol–water partition coefficient (Wildman–Crippen LogP) is 3.15. The summed E-state index contributed by atoms with van der Waals surface area (Å²) in [6.45, 7) is 0. The van der Waals surface area contributed by atoms with Gasteiger partial charge in [-0.15, -0.1) is 0 Å². The first-order chi connectivity index (χ1) is 8.45. The van der Waals surface area contributed by atoms with E-state index >= 15 is 0 Å². The summed E-state index contributed by atoms with van der Waals surface area (Å²) in [7, 11) is 0. The molecule has 0 radical (unpaired) electrons. The van der Waals surface area contributed by atoms with Crippen molar-refractivity contribution in [3.05, 3.63) is 28.0 Å². The Morgan fingerprint density at radius 3 is 2.56 bits per heavy atom. The standard InChI is InChI=1S/C11H13Cl2FN2OS/c1-18-3-2-9(15)11(17)16-10-7(12)4-6(14)5-8(10)13/h4-5,9H,2-3,15H2,1H3,(H,16,17)/t9-/m1/s1. The molecule has 1 amide bonds. The highest BCUT2D eigenvalue weighted by atomic mass is 35.5. The molecule has 0 fully saturated rings. The van der Waals surface area contributed by atoms with Crippen LogP contribution in [0.1, 0.15) is 6.42 Å². The number of carbonyl (C=O) groups is 1. The van der Waals surface area contributed by atoms with Gasteiger partial charge in [-0.2, -0.15) is 11.8 Å². The number of hydrogen-bond acceptors (Lipinski definition) is 3. The Labute approximate surface area is 119 Å². The van der Waals surface area contributed by atoms with E-state index < -0.39 is 11.9 Å². The molecule has 0 aliphatic carbocycles. The summed E-state index contributed by atoms with van der Waals surface area (Å²) in [4.78, 5) is 11.8. The molecule has 0 saturated carbocycles. The van der Waals surface area contributed by atoms with Crippen LogP contribution in [-0.2, 0) is 4.79 Å². The quantitative estimate of drug-likeness (QED) is 0.878. The second kappa shape index (κ2) is 7.19. The first-order valence-corrected chi connectivity index (χ1v) is 7.30. The van der Waals surface area contributed by atoms with Crippen molar-refractivity contribution in [1.29, 1.82) is 0 Å². The molecular weight excluding hydrogens is 298 g/mol. The molecule has 0 aliphatic rings. The summed E-state index contributed by atoms with van der Waals surface area (Å²) in [5, 5.41) is 2.60. The van der Waals surface area contributed by atoms with Crippen LogP contribution >= 0.6 is 35.0 Å². The Kier molecular flexibility index (Phi) is 6.21. The van der Waals surface area contributed by atoms with Gasteiger partial charge in [-0.05, 0) is 30.6 Å². The largest absolute Gasteiger partial charge is 0.322 e. The Morgan fingerprint density at radius 1 is 1.50 bits per heavy atom. The lowest BCUT2D eigenvalue weighted by Crippen LogP contribution is -2.36. The number of anilines is 1. The maximum absolute atomic E-state index is 13.0. The molecule has 100 valence electrons. The van der Waals surface area contributed by atoms with E-state index in [1.165, 1.54) is 0 Å². The lowest BCUT2D eigenvalue weighted by atomic mass is 10.2. The molecule has 1 aromatic carbocycles. The lowest BCUT2D eigenvalue weighted by Gasteiger charge is -2.13. The van der Waals surface area contributed by atoms with Crippen molar-refractivity contribution in [2.24, 2.45) is 5.73 Å². The molecule has 7 heteroatoms. The third-order valence-electron chi connectivity index (χ3n) is 2.22. The molecule has 1 rings (SSSR count). The zero-order chi connectivity index (χ0) is 13.7. The smallest absolute Gasteiger partial charge is 0.241 e. The molecule has 0 saturated heterocycles. The van der Waals surface area contributed by atoms with Gasteiger partial charge in [-0.25, -0.2) is 4.39 Å². The van der Waals surface area contributed by atoms with Crippen molar-refractivity contribution in [3.63, 3.8) is 0 Å². The Balaban J connectivity index is 2.76. The maximum Gasteiger partial charge on any atom is 0.241 e. The van der Waals surface area contributed by atoms with Gasteiger partial charge in [0.1, 0.15) is 5.82 Å². The zero-order valence-corrected chi connectivity index (χ0v) is 12.0. The van der Waals surface area contributed by atoms with Crippen LogP contribution in [0.3, 0.4) is 0 Å². The molecule has 0 aliphatic heterocycles. The molecule has 1 aromatic rings. The zero-order valence-electron chi connectivity index (χ0n) is 9.67. The third-order valence-corrected chi connectivity index (χ3v) is 3.46. The van der Waals surface area contributed by atoms with E-state index in [0.29, 0.717) is 6.42 Å². The summed E-state index contributed by atoms with van der Waals surface area (Å²) < 4.78 is 13.0. The fourth-order valence-corrected chi connectivity index (χ4v) is 2.30. The maximum atomic E-state index is 13.0. The highest BCUT2D eigenvalue weighted by Gasteiger charge is 2.16. The van der Waals surface area contributed by atoms with Crippen molar-refractivity contribution in [1.82, 2.24) is 0 Å². The van der Waals surface area contributed by atoms with Gasteiger partial charge in [0.2, 0.25) is 5.91 Å². The van der Waals surface area contributed by atoms with Crippen LogP contribution in [0.5, 0.6) is 0 Å². The average Bonchev–Trinajstić information content (AvgIpc) is 2.30.